The molecule has 0 saturated heterocycles. The molecule has 1 atom stereocenters. The van der Waals surface area contributed by atoms with Crippen LogP contribution in [0.5, 0.6) is 0 Å². The molecule has 0 N–H and O–H groups in total. The van der Waals surface area contributed by atoms with Gasteiger partial charge in [-0.25, -0.2) is 0 Å². The van der Waals surface area contributed by atoms with E-state index in [1.165, 1.54) is 0 Å². The smallest absolute Gasteiger partial charge is 0.0628 e. The lowest BCUT2D eigenvalue weighted by molar-refractivity contribution is 0.682. The first kappa shape index (κ1) is 8.97. The molecule has 1 nitrogen and oxygen atoms in total. The summed E-state index contributed by atoms with van der Waals surface area (Å²) in [7, 11) is 0. The first-order valence-corrected chi connectivity index (χ1v) is 3.45. The van der Waals surface area contributed by atoms with Crippen molar-refractivity contribution in [3.63, 3.8) is 0 Å². The highest BCUT2D eigenvalue weighted by Crippen LogP contribution is 2.09. The predicted octanol–water partition coefficient (Wildman–Crippen LogP) is 2.67. The summed E-state index contributed by atoms with van der Waals surface area (Å²) in [6.45, 7) is 5.59. The number of nitrogens with zero attached hydrogens (tertiary/aromatic N) is 1. The van der Waals surface area contributed by atoms with Gasteiger partial charge < -0.3 is 0 Å². The minimum atomic E-state index is 0.368. The van der Waals surface area contributed by atoms with E-state index >= 15 is 0 Å². The van der Waals surface area contributed by atoms with E-state index in [9.17, 15) is 0 Å². The van der Waals surface area contributed by atoms with Crippen molar-refractivity contribution >= 4 is 0 Å². The third-order valence-corrected chi connectivity index (χ3v) is 1.29. The van der Waals surface area contributed by atoms with E-state index in [0.717, 1.165) is 6.42 Å². The van der Waals surface area contributed by atoms with Gasteiger partial charge in [-0.15, -0.1) is 6.58 Å². The molecule has 0 bridgehead atoms. The van der Waals surface area contributed by atoms with Gasteiger partial charge in [0.25, 0.3) is 0 Å². The molecule has 1 heteroatoms. The lowest BCUT2D eigenvalue weighted by Crippen LogP contribution is -1.91. The molecule has 0 aromatic rings. The second-order valence-corrected chi connectivity index (χ2v) is 2.17. The van der Waals surface area contributed by atoms with Crippen LogP contribution in [0.15, 0.2) is 24.8 Å². The molecule has 0 amide bonds. The largest absolute Gasteiger partial charge is 0.198 e. The van der Waals surface area contributed by atoms with Crippen LogP contribution in [-0.2, 0) is 0 Å². The summed E-state index contributed by atoms with van der Waals surface area (Å²) < 4.78 is 0. The normalized spacial score (nSPS) is 12.8. The molecule has 0 rings (SSSR count). The van der Waals surface area contributed by atoms with Crippen LogP contribution in [0.3, 0.4) is 0 Å². The van der Waals surface area contributed by atoms with E-state index in [-0.39, 0.29) is 0 Å². The summed E-state index contributed by atoms with van der Waals surface area (Å²) in [4.78, 5) is 0. The maximum atomic E-state index is 8.37. The Kier molecular flexibility index (Phi) is 5.47. The molecule has 0 aliphatic carbocycles. The number of hydrogen-bond acceptors (Lipinski definition) is 1. The Bertz CT molecular complexity index is 151. The number of allylic oxidation sites excluding steroid dienone is 3. The highest BCUT2D eigenvalue weighted by molar-refractivity contribution is 4.93. The summed E-state index contributed by atoms with van der Waals surface area (Å²) in [5, 5.41) is 8.37. The molecule has 1 unspecified atom stereocenters. The van der Waals surface area contributed by atoms with Crippen molar-refractivity contribution in [2.45, 2.75) is 19.8 Å². The van der Waals surface area contributed by atoms with E-state index in [2.05, 4.69) is 12.6 Å². The quantitative estimate of drug-likeness (QED) is 0.544. The van der Waals surface area contributed by atoms with Crippen molar-refractivity contribution in [3.8, 4) is 6.07 Å². The zero-order chi connectivity index (χ0) is 7.82. The molecule has 0 aromatic carbocycles. The van der Waals surface area contributed by atoms with Crippen LogP contribution >= 0.6 is 0 Å². The average molecular weight is 135 g/mol. The molecule has 0 saturated carbocycles. The molecular weight excluding hydrogens is 122 g/mol. The van der Waals surface area contributed by atoms with Gasteiger partial charge in [0.15, 0.2) is 0 Å². The predicted molar refractivity (Wildman–Crippen MR) is 43.3 cm³/mol. The Morgan fingerprint density at radius 3 is 2.80 bits per heavy atom. The molecular formula is C9H13N. The maximum Gasteiger partial charge on any atom is 0.0628 e. The standard InChI is InChI=1S/C9H13N/c1-3-5-9(6-4-2)7-8-10/h3-4,6,9H,1,5,7H2,2H3/b6-4+. The van der Waals surface area contributed by atoms with Crippen LogP contribution in [-0.4, -0.2) is 0 Å². The number of nitriles is 1. The fourth-order valence-corrected chi connectivity index (χ4v) is 0.833. The van der Waals surface area contributed by atoms with Crippen molar-refractivity contribution in [2.24, 2.45) is 5.92 Å². The third-order valence-electron chi connectivity index (χ3n) is 1.29. The molecule has 54 valence electrons. The number of hydrogen-bond donors (Lipinski definition) is 0. The second kappa shape index (κ2) is 6.10. The van der Waals surface area contributed by atoms with Crippen molar-refractivity contribution in [3.05, 3.63) is 24.8 Å². The van der Waals surface area contributed by atoms with Gasteiger partial charge in [-0.3, -0.25) is 0 Å². The van der Waals surface area contributed by atoms with Crippen molar-refractivity contribution < 1.29 is 0 Å². The SMILES string of the molecule is C=CCC(/C=C/C)CC#N. The van der Waals surface area contributed by atoms with E-state index in [0.29, 0.717) is 12.3 Å². The van der Waals surface area contributed by atoms with Gasteiger partial charge in [-0.05, 0) is 19.3 Å². The van der Waals surface area contributed by atoms with Gasteiger partial charge in [-0.2, -0.15) is 5.26 Å². The molecule has 0 spiro atoms. The lowest BCUT2D eigenvalue weighted by Gasteiger charge is -2.01. The Labute approximate surface area is 62.7 Å². The molecule has 0 heterocycles. The minimum absolute atomic E-state index is 0.368. The van der Waals surface area contributed by atoms with Crippen molar-refractivity contribution in [1.29, 1.82) is 5.26 Å². The first-order valence-electron chi connectivity index (χ1n) is 3.45. The highest BCUT2D eigenvalue weighted by atomic mass is 14.2. The van der Waals surface area contributed by atoms with Crippen LogP contribution in [0.2, 0.25) is 0 Å². The first-order chi connectivity index (χ1) is 4.85. The van der Waals surface area contributed by atoms with Crippen LogP contribution < -0.4 is 0 Å². The maximum absolute atomic E-state index is 8.37. The minimum Gasteiger partial charge on any atom is -0.198 e. The van der Waals surface area contributed by atoms with Crippen molar-refractivity contribution in [2.75, 3.05) is 0 Å². The van der Waals surface area contributed by atoms with E-state index < -0.39 is 0 Å². The Balaban J connectivity index is 3.74. The van der Waals surface area contributed by atoms with E-state index in [1.807, 2.05) is 25.2 Å². The van der Waals surface area contributed by atoms with Crippen molar-refractivity contribution in [1.82, 2.24) is 0 Å². The van der Waals surface area contributed by atoms with Crippen LogP contribution in [0, 0.1) is 17.2 Å². The second-order valence-electron chi connectivity index (χ2n) is 2.17. The van der Waals surface area contributed by atoms with E-state index in [4.69, 9.17) is 5.26 Å². The molecule has 0 aliphatic heterocycles. The fraction of sp³-hybridized carbons (Fsp3) is 0.444. The molecule has 0 aromatic heterocycles. The number of rotatable bonds is 4. The highest BCUT2D eigenvalue weighted by Gasteiger charge is 1.98. The molecule has 0 fully saturated rings. The topological polar surface area (TPSA) is 23.8 Å². The average Bonchev–Trinajstić information content (AvgIpc) is 1.90. The van der Waals surface area contributed by atoms with Gasteiger partial charge in [-0.1, -0.05) is 18.2 Å². The third kappa shape index (κ3) is 3.91. The van der Waals surface area contributed by atoms with Gasteiger partial charge in [0.2, 0.25) is 0 Å². The summed E-state index contributed by atoms with van der Waals surface area (Å²) in [6, 6.07) is 2.14. The summed E-state index contributed by atoms with van der Waals surface area (Å²) in [6.07, 6.45) is 7.37. The fourth-order valence-electron chi connectivity index (χ4n) is 0.833. The lowest BCUT2D eigenvalue weighted by atomic mass is 10.0. The Hall–Kier alpha value is -1.03. The van der Waals surface area contributed by atoms with Gasteiger partial charge in [0.05, 0.1) is 6.07 Å². The molecule has 0 aliphatic rings. The monoisotopic (exact) mass is 135 g/mol. The Morgan fingerprint density at radius 2 is 2.40 bits per heavy atom. The van der Waals surface area contributed by atoms with Crippen LogP contribution in [0.25, 0.3) is 0 Å². The Morgan fingerprint density at radius 1 is 1.70 bits per heavy atom. The van der Waals surface area contributed by atoms with Crippen LogP contribution in [0.4, 0.5) is 0 Å². The zero-order valence-electron chi connectivity index (χ0n) is 6.38. The van der Waals surface area contributed by atoms with Gasteiger partial charge >= 0.3 is 0 Å². The molecule has 10 heavy (non-hydrogen) atoms. The molecule has 0 radical (unpaired) electrons. The van der Waals surface area contributed by atoms with Crippen LogP contribution in [0.1, 0.15) is 19.8 Å². The summed E-state index contributed by atoms with van der Waals surface area (Å²) in [5.41, 5.74) is 0. The zero-order valence-corrected chi connectivity index (χ0v) is 6.38. The summed E-state index contributed by atoms with van der Waals surface area (Å²) in [5.74, 6) is 0.368. The van der Waals surface area contributed by atoms with Gasteiger partial charge in [0.1, 0.15) is 0 Å². The van der Waals surface area contributed by atoms with E-state index in [1.54, 1.807) is 0 Å². The summed E-state index contributed by atoms with van der Waals surface area (Å²) >= 11 is 0. The van der Waals surface area contributed by atoms with Gasteiger partial charge in [0, 0.05) is 6.42 Å².